The van der Waals surface area contributed by atoms with Crippen molar-refractivity contribution in [2.45, 2.75) is 20.1 Å². The number of carbonyl (C=O) groups excluding carboxylic acids is 3. The van der Waals surface area contributed by atoms with Crippen LogP contribution in [-0.4, -0.2) is 31.6 Å². The average Bonchev–Trinajstić information content (AvgIpc) is 3.02. The molecule has 1 saturated heterocycles. The van der Waals surface area contributed by atoms with Crippen LogP contribution in [-0.2, 0) is 22.8 Å². The molecule has 230 valence electrons. The number of halogens is 2. The van der Waals surface area contributed by atoms with E-state index in [2.05, 4.69) is 21.2 Å². The third-order valence-corrected chi connectivity index (χ3v) is 7.48. The maximum Gasteiger partial charge on any atom is 0.335 e. The van der Waals surface area contributed by atoms with Crippen molar-refractivity contribution in [1.82, 2.24) is 5.32 Å². The number of benzene rings is 4. The average molecular weight is 692 g/mol. The molecule has 4 amide bonds. The van der Waals surface area contributed by atoms with E-state index < -0.39 is 17.8 Å². The predicted octanol–water partition coefficient (Wildman–Crippen LogP) is 7.33. The summed E-state index contributed by atoms with van der Waals surface area (Å²) in [7, 11) is 1.48. The number of imide groups is 2. The molecule has 4 aromatic carbocycles. The highest BCUT2D eigenvalue weighted by molar-refractivity contribution is 9.10. The monoisotopic (exact) mass is 690 g/mol. The first-order chi connectivity index (χ1) is 21.8. The molecule has 45 heavy (non-hydrogen) atoms. The predicted molar refractivity (Wildman–Crippen MR) is 174 cm³/mol. The van der Waals surface area contributed by atoms with Crippen molar-refractivity contribution in [3.63, 3.8) is 0 Å². The van der Waals surface area contributed by atoms with Gasteiger partial charge in [-0.25, -0.2) is 9.69 Å². The first-order valence-electron chi connectivity index (χ1n) is 13.9. The van der Waals surface area contributed by atoms with E-state index in [4.69, 9.17) is 30.5 Å². The molecule has 1 N–H and O–H groups in total. The van der Waals surface area contributed by atoms with Crippen LogP contribution in [0.5, 0.6) is 23.0 Å². The first kappa shape index (κ1) is 31.6. The largest absolute Gasteiger partial charge is 0.493 e. The van der Waals surface area contributed by atoms with E-state index in [1.165, 1.54) is 19.3 Å². The van der Waals surface area contributed by atoms with Gasteiger partial charge in [0.25, 0.3) is 11.8 Å². The number of anilines is 1. The number of hydrogen-bond acceptors (Lipinski definition) is 7. The van der Waals surface area contributed by atoms with E-state index in [1.54, 1.807) is 30.3 Å². The number of ether oxygens (including phenoxy) is 4. The lowest BCUT2D eigenvalue weighted by Gasteiger charge is -2.26. The maximum absolute atomic E-state index is 13.3. The highest BCUT2D eigenvalue weighted by Gasteiger charge is 2.37. The Bertz CT molecular complexity index is 1780. The van der Waals surface area contributed by atoms with Gasteiger partial charge in [-0.15, -0.1) is 0 Å². The van der Waals surface area contributed by atoms with E-state index >= 15 is 0 Å². The minimum absolute atomic E-state index is 0.187. The molecule has 1 aliphatic rings. The molecule has 11 heteroatoms. The van der Waals surface area contributed by atoms with E-state index in [1.807, 2.05) is 55.5 Å². The van der Waals surface area contributed by atoms with Crippen molar-refractivity contribution in [2.24, 2.45) is 0 Å². The van der Waals surface area contributed by atoms with Crippen LogP contribution in [0.2, 0.25) is 5.02 Å². The van der Waals surface area contributed by atoms with E-state index in [0.29, 0.717) is 51.3 Å². The fraction of sp³-hybridized carbons (Fsp3) is 0.147. The van der Waals surface area contributed by atoms with Crippen molar-refractivity contribution >= 4 is 57.1 Å². The maximum atomic E-state index is 13.3. The molecular weight excluding hydrogens is 664 g/mol. The number of hydrogen-bond donors (Lipinski definition) is 1. The number of rotatable bonds is 11. The van der Waals surface area contributed by atoms with Crippen LogP contribution in [0.15, 0.2) is 95.0 Å². The van der Waals surface area contributed by atoms with E-state index in [0.717, 1.165) is 16.0 Å². The summed E-state index contributed by atoms with van der Waals surface area (Å²) in [5, 5.41) is 2.54. The van der Waals surface area contributed by atoms with Gasteiger partial charge in [-0.2, -0.15) is 0 Å². The van der Waals surface area contributed by atoms with Crippen LogP contribution in [0.25, 0.3) is 6.08 Å². The summed E-state index contributed by atoms with van der Waals surface area (Å²) in [6.45, 7) is 2.96. The van der Waals surface area contributed by atoms with Gasteiger partial charge in [0.2, 0.25) is 0 Å². The number of amides is 4. The Balaban J connectivity index is 1.34. The molecule has 0 atom stereocenters. The van der Waals surface area contributed by atoms with Gasteiger partial charge >= 0.3 is 6.03 Å². The number of carbonyl (C=O) groups is 3. The summed E-state index contributed by atoms with van der Waals surface area (Å²) in [5.74, 6) is 0.385. The summed E-state index contributed by atoms with van der Waals surface area (Å²) >= 11 is 9.58. The molecular formula is C34H28BrClN2O7. The number of nitrogens with one attached hydrogen (secondary N) is 1. The number of nitrogens with zero attached hydrogens (tertiary/aromatic N) is 1. The standard InChI is InChI=1S/C34H28BrClN2O7/c1-3-43-29-16-22(12-13-28(29)44-19-21-8-5-4-6-9-21)20-45-31-27(35)15-23(17-30(31)42-2)14-26-32(39)37-34(41)38(33(26)40)25-11-7-10-24(36)18-25/h4-18H,3,19-20H2,1-2H3,(H,37,39,41)/b26-14+. The smallest absolute Gasteiger partial charge is 0.335 e. The van der Waals surface area contributed by atoms with Gasteiger partial charge in [0, 0.05) is 5.02 Å². The van der Waals surface area contributed by atoms with Crippen LogP contribution in [0, 0.1) is 0 Å². The zero-order valence-electron chi connectivity index (χ0n) is 24.3. The Morgan fingerprint density at radius 1 is 0.822 bits per heavy atom. The fourth-order valence-electron chi connectivity index (χ4n) is 4.56. The van der Waals surface area contributed by atoms with Gasteiger partial charge in [0.1, 0.15) is 18.8 Å². The minimum atomic E-state index is -0.866. The van der Waals surface area contributed by atoms with Gasteiger partial charge in [0.05, 0.1) is 23.9 Å². The second-order valence-corrected chi connectivity index (χ2v) is 11.0. The summed E-state index contributed by atoms with van der Waals surface area (Å²) in [4.78, 5) is 39.3. The van der Waals surface area contributed by atoms with E-state index in [-0.39, 0.29) is 17.9 Å². The fourth-order valence-corrected chi connectivity index (χ4v) is 5.32. The van der Waals surface area contributed by atoms with E-state index in [9.17, 15) is 14.4 Å². The van der Waals surface area contributed by atoms with Crippen molar-refractivity contribution in [2.75, 3.05) is 18.6 Å². The van der Waals surface area contributed by atoms with Crippen molar-refractivity contribution in [3.8, 4) is 23.0 Å². The molecule has 5 rings (SSSR count). The summed E-state index contributed by atoms with van der Waals surface area (Å²) < 4.78 is 24.1. The number of urea groups is 1. The SMILES string of the molecule is CCOc1cc(COc2c(Br)cc(/C=C3\C(=O)NC(=O)N(c4cccc(Cl)c4)C3=O)cc2OC)ccc1OCc1ccccc1. The lowest BCUT2D eigenvalue weighted by Crippen LogP contribution is -2.54. The second-order valence-electron chi connectivity index (χ2n) is 9.75. The molecule has 0 bridgehead atoms. The third-order valence-electron chi connectivity index (χ3n) is 6.66. The van der Waals surface area contributed by atoms with Gasteiger partial charge in [-0.3, -0.25) is 14.9 Å². The normalized spacial score (nSPS) is 13.9. The topological polar surface area (TPSA) is 103 Å². The zero-order chi connectivity index (χ0) is 31.9. The van der Waals surface area contributed by atoms with Crippen molar-refractivity contribution in [3.05, 3.63) is 117 Å². The molecule has 4 aromatic rings. The second kappa shape index (κ2) is 14.3. The molecule has 0 unspecified atom stereocenters. The molecule has 0 radical (unpaired) electrons. The molecule has 0 aromatic heterocycles. The molecule has 1 fully saturated rings. The quantitative estimate of drug-likeness (QED) is 0.130. The van der Waals surface area contributed by atoms with Crippen LogP contribution >= 0.6 is 27.5 Å². The Kier molecular flexibility index (Phi) is 10.1. The third kappa shape index (κ3) is 7.47. The van der Waals surface area contributed by atoms with Crippen LogP contribution in [0.4, 0.5) is 10.5 Å². The van der Waals surface area contributed by atoms with Crippen LogP contribution < -0.4 is 29.2 Å². The molecule has 0 aliphatic carbocycles. The molecule has 0 spiro atoms. The van der Waals surface area contributed by atoms with Gasteiger partial charge in [-0.1, -0.05) is 54.1 Å². The lowest BCUT2D eigenvalue weighted by molar-refractivity contribution is -0.122. The molecule has 1 heterocycles. The van der Waals surface area contributed by atoms with Gasteiger partial charge < -0.3 is 18.9 Å². The Hall–Kier alpha value is -4.80. The zero-order valence-corrected chi connectivity index (χ0v) is 26.7. The summed E-state index contributed by atoms with van der Waals surface area (Å²) in [6, 6.07) is 24.1. The first-order valence-corrected chi connectivity index (χ1v) is 15.0. The Morgan fingerprint density at radius 3 is 2.33 bits per heavy atom. The lowest BCUT2D eigenvalue weighted by atomic mass is 10.1. The number of barbiturate groups is 1. The Labute approximate surface area is 273 Å². The minimum Gasteiger partial charge on any atom is -0.493 e. The molecule has 1 aliphatic heterocycles. The van der Waals surface area contributed by atoms with Gasteiger partial charge in [0.15, 0.2) is 23.0 Å². The van der Waals surface area contributed by atoms with Crippen LogP contribution in [0.3, 0.4) is 0 Å². The highest BCUT2D eigenvalue weighted by atomic mass is 79.9. The highest BCUT2D eigenvalue weighted by Crippen LogP contribution is 2.39. The summed E-state index contributed by atoms with van der Waals surface area (Å²) in [6.07, 6.45) is 1.38. The van der Waals surface area contributed by atoms with Gasteiger partial charge in [-0.05, 0) is 88.1 Å². The Morgan fingerprint density at radius 2 is 1.60 bits per heavy atom. The van der Waals surface area contributed by atoms with Crippen LogP contribution in [0.1, 0.15) is 23.6 Å². The number of methoxy groups -OCH3 is 1. The summed E-state index contributed by atoms with van der Waals surface area (Å²) in [5.41, 5.74) is 2.33. The molecule has 0 saturated carbocycles. The van der Waals surface area contributed by atoms with Crippen molar-refractivity contribution < 1.29 is 33.3 Å². The van der Waals surface area contributed by atoms with Crippen molar-refractivity contribution in [1.29, 1.82) is 0 Å². The molecule has 9 nitrogen and oxygen atoms in total.